The number of non-ortho nitro benzene ring substituents is 1. The highest BCUT2D eigenvalue weighted by Crippen LogP contribution is 2.20. The summed E-state index contributed by atoms with van der Waals surface area (Å²) in [7, 11) is 0. The Hall–Kier alpha value is -2.87. The van der Waals surface area contributed by atoms with Crippen LogP contribution in [0, 0.1) is 17.0 Å². The third-order valence-corrected chi connectivity index (χ3v) is 4.48. The van der Waals surface area contributed by atoms with Crippen LogP contribution in [0.5, 0.6) is 0 Å². The van der Waals surface area contributed by atoms with Crippen LogP contribution < -0.4 is 10.4 Å². The third-order valence-electron chi connectivity index (χ3n) is 3.48. The molecular formula is C17H15N2O5S-. The van der Waals surface area contributed by atoms with E-state index in [1.54, 1.807) is 25.1 Å². The number of hydrogen-bond donors (Lipinski definition) is 1. The molecule has 25 heavy (non-hydrogen) atoms. The smallest absolute Gasteiger partial charge is 0.269 e. The summed E-state index contributed by atoms with van der Waals surface area (Å²) in [5.74, 6) is -0.846. The highest BCUT2D eigenvalue weighted by molar-refractivity contribution is 7.99. The second-order valence-corrected chi connectivity index (χ2v) is 6.22. The number of nitro groups is 1. The average molecular weight is 359 g/mol. The minimum Gasteiger partial charge on any atom is -0.545 e. The summed E-state index contributed by atoms with van der Waals surface area (Å²) in [5, 5.41) is 24.2. The van der Waals surface area contributed by atoms with Crippen molar-refractivity contribution in [2.75, 3.05) is 11.1 Å². The molecule has 1 amide bonds. The van der Waals surface area contributed by atoms with Crippen molar-refractivity contribution in [1.82, 2.24) is 0 Å². The second-order valence-electron chi connectivity index (χ2n) is 5.23. The van der Waals surface area contributed by atoms with Gasteiger partial charge in [-0.25, -0.2) is 0 Å². The molecule has 0 saturated carbocycles. The van der Waals surface area contributed by atoms with Crippen LogP contribution in [-0.4, -0.2) is 22.6 Å². The van der Waals surface area contributed by atoms with Gasteiger partial charge < -0.3 is 15.2 Å². The van der Waals surface area contributed by atoms with Crippen LogP contribution in [0.2, 0.25) is 0 Å². The van der Waals surface area contributed by atoms with E-state index in [9.17, 15) is 24.8 Å². The van der Waals surface area contributed by atoms with Crippen LogP contribution in [0.25, 0.3) is 0 Å². The maximum atomic E-state index is 12.0. The SMILES string of the molecule is Cc1c(NC(=O)CSCc2ccc([N+](=O)[O-])cc2)cccc1C(=O)[O-]. The average Bonchev–Trinajstić information content (AvgIpc) is 2.57. The first-order chi connectivity index (χ1) is 11.9. The van der Waals surface area contributed by atoms with Crippen molar-refractivity contribution in [2.45, 2.75) is 12.7 Å². The molecule has 0 aliphatic carbocycles. The molecular weight excluding hydrogens is 344 g/mol. The fourth-order valence-electron chi connectivity index (χ4n) is 2.15. The lowest BCUT2D eigenvalue weighted by Gasteiger charge is -2.13. The van der Waals surface area contributed by atoms with Crippen LogP contribution >= 0.6 is 11.8 Å². The van der Waals surface area contributed by atoms with Crippen LogP contribution in [0.15, 0.2) is 42.5 Å². The lowest BCUT2D eigenvalue weighted by molar-refractivity contribution is -0.384. The Labute approximate surface area is 148 Å². The monoisotopic (exact) mass is 359 g/mol. The first-order valence-corrected chi connectivity index (χ1v) is 8.46. The molecule has 0 bridgehead atoms. The highest BCUT2D eigenvalue weighted by Gasteiger charge is 2.09. The first kappa shape index (κ1) is 18.5. The van der Waals surface area contributed by atoms with E-state index >= 15 is 0 Å². The number of carboxylic acids is 1. The number of hydrogen-bond acceptors (Lipinski definition) is 6. The topological polar surface area (TPSA) is 112 Å². The summed E-state index contributed by atoms with van der Waals surface area (Å²) in [6, 6.07) is 10.7. The van der Waals surface area contributed by atoms with Crippen LogP contribution in [-0.2, 0) is 10.5 Å². The van der Waals surface area contributed by atoms with E-state index in [4.69, 9.17) is 0 Å². The normalized spacial score (nSPS) is 10.3. The third kappa shape index (κ3) is 5.05. The molecule has 1 N–H and O–H groups in total. The van der Waals surface area contributed by atoms with Crippen molar-refractivity contribution in [3.05, 3.63) is 69.3 Å². The van der Waals surface area contributed by atoms with Gasteiger partial charge in [0.15, 0.2) is 0 Å². The summed E-state index contributed by atoms with van der Waals surface area (Å²) in [4.78, 5) is 33.1. The Balaban J connectivity index is 1.88. The molecule has 0 radical (unpaired) electrons. The number of aromatic carboxylic acids is 1. The summed E-state index contributed by atoms with van der Waals surface area (Å²) < 4.78 is 0. The number of carbonyl (C=O) groups excluding carboxylic acids is 2. The van der Waals surface area contributed by atoms with E-state index in [1.165, 1.54) is 36.0 Å². The standard InChI is InChI=1S/C17H16N2O5S/c1-11-14(17(21)22)3-2-4-15(11)18-16(20)10-25-9-12-5-7-13(8-6-12)19(23)24/h2-8H,9-10H2,1H3,(H,18,20)(H,21,22)/p-1. The van der Waals surface area contributed by atoms with Gasteiger partial charge in [-0.15, -0.1) is 11.8 Å². The molecule has 130 valence electrons. The van der Waals surface area contributed by atoms with E-state index in [0.717, 1.165) is 5.56 Å². The second kappa shape index (κ2) is 8.29. The van der Waals surface area contributed by atoms with Crippen molar-refractivity contribution in [1.29, 1.82) is 0 Å². The van der Waals surface area contributed by atoms with E-state index < -0.39 is 10.9 Å². The van der Waals surface area contributed by atoms with Gasteiger partial charge in [-0.3, -0.25) is 14.9 Å². The number of thioether (sulfide) groups is 1. The highest BCUT2D eigenvalue weighted by atomic mass is 32.2. The zero-order valence-corrected chi connectivity index (χ0v) is 14.2. The lowest BCUT2D eigenvalue weighted by Crippen LogP contribution is -2.24. The van der Waals surface area contributed by atoms with Crippen molar-refractivity contribution in [2.24, 2.45) is 0 Å². The molecule has 7 nitrogen and oxygen atoms in total. The van der Waals surface area contributed by atoms with E-state index in [2.05, 4.69) is 5.32 Å². The van der Waals surface area contributed by atoms with Crippen LogP contribution in [0.1, 0.15) is 21.5 Å². The Bertz CT molecular complexity index is 805. The quantitative estimate of drug-likeness (QED) is 0.599. The molecule has 0 aliphatic rings. The molecule has 2 rings (SSSR count). The lowest BCUT2D eigenvalue weighted by atomic mass is 10.1. The number of rotatable bonds is 7. The Kier molecular flexibility index (Phi) is 6.13. The van der Waals surface area contributed by atoms with Gasteiger partial charge in [0.05, 0.1) is 16.6 Å². The maximum absolute atomic E-state index is 12.0. The summed E-state index contributed by atoms with van der Waals surface area (Å²) in [6.45, 7) is 1.60. The van der Waals surface area contributed by atoms with Gasteiger partial charge in [0.2, 0.25) is 5.91 Å². The van der Waals surface area contributed by atoms with Gasteiger partial charge in [-0.05, 0) is 24.1 Å². The first-order valence-electron chi connectivity index (χ1n) is 7.30. The minimum atomic E-state index is -1.29. The molecule has 0 atom stereocenters. The van der Waals surface area contributed by atoms with E-state index in [-0.39, 0.29) is 22.9 Å². The molecule has 0 unspecified atom stereocenters. The van der Waals surface area contributed by atoms with Gasteiger partial charge in [-0.1, -0.05) is 24.3 Å². The number of carboxylic acid groups (broad SMARTS) is 1. The zero-order valence-electron chi connectivity index (χ0n) is 13.4. The molecule has 2 aromatic rings. The summed E-state index contributed by atoms with van der Waals surface area (Å²) in [6.07, 6.45) is 0. The molecule has 8 heteroatoms. The van der Waals surface area contributed by atoms with E-state index in [1.807, 2.05) is 0 Å². The molecule has 0 spiro atoms. The summed E-state index contributed by atoms with van der Waals surface area (Å²) in [5.41, 5.74) is 1.81. The Morgan fingerprint density at radius 1 is 1.16 bits per heavy atom. The largest absolute Gasteiger partial charge is 0.545 e. The van der Waals surface area contributed by atoms with Crippen LogP contribution in [0.3, 0.4) is 0 Å². The van der Waals surface area contributed by atoms with Gasteiger partial charge in [0.1, 0.15) is 0 Å². The number of nitro benzene ring substituents is 1. The number of nitrogens with one attached hydrogen (secondary N) is 1. The maximum Gasteiger partial charge on any atom is 0.269 e. The van der Waals surface area contributed by atoms with Crippen molar-refractivity contribution >= 4 is 35.0 Å². The van der Waals surface area contributed by atoms with Gasteiger partial charge in [-0.2, -0.15) is 0 Å². The number of anilines is 1. The molecule has 0 aromatic heterocycles. The van der Waals surface area contributed by atoms with Gasteiger partial charge in [0, 0.05) is 29.1 Å². The van der Waals surface area contributed by atoms with Gasteiger partial charge in [0.25, 0.3) is 5.69 Å². The number of nitrogens with zero attached hydrogens (tertiary/aromatic N) is 1. The number of amides is 1. The van der Waals surface area contributed by atoms with Crippen molar-refractivity contribution < 1.29 is 19.6 Å². The van der Waals surface area contributed by atoms with E-state index in [0.29, 0.717) is 17.0 Å². The molecule has 2 aromatic carbocycles. The fraction of sp³-hybridized carbons (Fsp3) is 0.176. The predicted octanol–water partition coefficient (Wildman–Crippen LogP) is 2.14. The Morgan fingerprint density at radius 3 is 2.44 bits per heavy atom. The zero-order chi connectivity index (χ0) is 18.4. The molecule has 0 fully saturated rings. The number of carbonyl (C=O) groups is 2. The fourth-order valence-corrected chi connectivity index (χ4v) is 2.94. The van der Waals surface area contributed by atoms with Crippen molar-refractivity contribution in [3.63, 3.8) is 0 Å². The molecule has 0 aliphatic heterocycles. The number of benzene rings is 2. The van der Waals surface area contributed by atoms with Gasteiger partial charge >= 0.3 is 0 Å². The predicted molar refractivity (Wildman–Crippen MR) is 93.4 cm³/mol. The van der Waals surface area contributed by atoms with Crippen molar-refractivity contribution in [3.8, 4) is 0 Å². The molecule has 0 saturated heterocycles. The van der Waals surface area contributed by atoms with Crippen LogP contribution in [0.4, 0.5) is 11.4 Å². The summed E-state index contributed by atoms with van der Waals surface area (Å²) >= 11 is 1.35. The Morgan fingerprint density at radius 2 is 1.84 bits per heavy atom. The molecule has 0 heterocycles. The minimum absolute atomic E-state index is 0.0229.